The molecule has 1 unspecified atom stereocenters. The zero-order valence-electron chi connectivity index (χ0n) is 8.24. The molecule has 0 amide bonds. The highest BCUT2D eigenvalue weighted by Crippen LogP contribution is 2.27. The second kappa shape index (κ2) is 3.81. The molecule has 0 saturated heterocycles. The fraction of sp³-hybridized carbons (Fsp3) is 0.300. The van der Waals surface area contributed by atoms with E-state index in [0.29, 0.717) is 10.8 Å². The number of pyridine rings is 1. The van der Waals surface area contributed by atoms with Crippen molar-refractivity contribution in [2.45, 2.75) is 19.2 Å². The van der Waals surface area contributed by atoms with Gasteiger partial charge in [0.25, 0.3) is 0 Å². The fourth-order valence-electron chi connectivity index (χ4n) is 1.54. The van der Waals surface area contributed by atoms with Gasteiger partial charge in [-0.25, -0.2) is 4.98 Å². The summed E-state index contributed by atoms with van der Waals surface area (Å²) in [5.74, 6) is 0.622. The first-order chi connectivity index (χ1) is 7.08. The third kappa shape index (κ3) is 1.97. The van der Waals surface area contributed by atoms with E-state index in [1.807, 2.05) is 13.0 Å². The molecule has 80 valence electrons. The van der Waals surface area contributed by atoms with Crippen LogP contribution in [0, 0.1) is 0 Å². The maximum Gasteiger partial charge on any atom is 0.149 e. The summed E-state index contributed by atoms with van der Waals surface area (Å²) >= 11 is 5.83. The lowest BCUT2D eigenvalue weighted by Crippen LogP contribution is -2.34. The zero-order valence-corrected chi connectivity index (χ0v) is 8.99. The number of hydrogen-bond donors (Lipinski definition) is 3. The van der Waals surface area contributed by atoms with Crippen LogP contribution in [0.4, 0.5) is 5.82 Å². The molecule has 0 aromatic carbocycles. The minimum absolute atomic E-state index is 0.209. The smallest absolute Gasteiger partial charge is 0.149 e. The Morgan fingerprint density at radius 3 is 3.07 bits per heavy atom. The quantitative estimate of drug-likeness (QED) is 0.672. The van der Waals surface area contributed by atoms with Crippen LogP contribution in [0.5, 0.6) is 0 Å². The molecule has 1 aromatic rings. The highest BCUT2D eigenvalue weighted by atomic mass is 35.5. The van der Waals surface area contributed by atoms with Crippen LogP contribution in [0.1, 0.15) is 12.5 Å². The molecule has 2 atom stereocenters. The number of hydrogen-bond acceptors (Lipinski definition) is 4. The van der Waals surface area contributed by atoms with Crippen LogP contribution in [0.3, 0.4) is 0 Å². The molecule has 1 aliphatic rings. The molecule has 0 fully saturated rings. The number of aromatic nitrogens is 1. The molecule has 2 heterocycles. The molecule has 15 heavy (non-hydrogen) atoms. The van der Waals surface area contributed by atoms with Gasteiger partial charge in [-0.05, 0) is 24.6 Å². The Bertz CT molecular complexity index is 417. The number of halogens is 1. The number of aliphatic hydroxyl groups excluding tert-OH is 1. The Kier molecular flexibility index (Phi) is 2.65. The summed E-state index contributed by atoms with van der Waals surface area (Å²) in [5, 5.41) is 13.1. The van der Waals surface area contributed by atoms with Crippen LogP contribution >= 0.6 is 11.6 Å². The minimum Gasteiger partial charge on any atom is -0.370 e. The predicted molar refractivity (Wildman–Crippen MR) is 60.5 cm³/mol. The lowest BCUT2D eigenvalue weighted by molar-refractivity contribution is 0.232. The van der Waals surface area contributed by atoms with Gasteiger partial charge in [0.2, 0.25) is 0 Å². The largest absolute Gasteiger partial charge is 0.370 e. The van der Waals surface area contributed by atoms with Crippen molar-refractivity contribution in [3.05, 3.63) is 28.4 Å². The van der Waals surface area contributed by atoms with E-state index in [1.165, 1.54) is 6.20 Å². The lowest BCUT2D eigenvalue weighted by Gasteiger charge is -2.25. The van der Waals surface area contributed by atoms with Gasteiger partial charge in [-0.2, -0.15) is 0 Å². The van der Waals surface area contributed by atoms with Crippen molar-refractivity contribution in [1.29, 1.82) is 0 Å². The number of aliphatic hydroxyl groups is 1. The summed E-state index contributed by atoms with van der Waals surface area (Å²) in [7, 11) is 0. The van der Waals surface area contributed by atoms with E-state index >= 15 is 0 Å². The van der Waals surface area contributed by atoms with E-state index in [0.717, 1.165) is 11.1 Å². The van der Waals surface area contributed by atoms with E-state index in [4.69, 9.17) is 17.3 Å². The second-order valence-corrected chi connectivity index (χ2v) is 4.01. The number of nitrogens with one attached hydrogen (secondary N) is 1. The van der Waals surface area contributed by atoms with E-state index in [1.54, 1.807) is 6.07 Å². The molecule has 0 radical (unpaired) electrons. The van der Waals surface area contributed by atoms with Gasteiger partial charge in [0.05, 0.1) is 5.02 Å². The number of nitrogens with two attached hydrogens (primary N) is 1. The molecule has 1 aliphatic heterocycles. The molecule has 4 N–H and O–H groups in total. The van der Waals surface area contributed by atoms with Crippen molar-refractivity contribution in [2.75, 3.05) is 5.32 Å². The first-order valence-corrected chi connectivity index (χ1v) is 5.03. The van der Waals surface area contributed by atoms with Gasteiger partial charge < -0.3 is 16.2 Å². The van der Waals surface area contributed by atoms with Crippen molar-refractivity contribution in [3.8, 4) is 0 Å². The molecule has 0 spiro atoms. The van der Waals surface area contributed by atoms with Crippen LogP contribution in [0.15, 0.2) is 17.8 Å². The summed E-state index contributed by atoms with van der Waals surface area (Å²) in [5.41, 5.74) is 7.31. The van der Waals surface area contributed by atoms with Crippen molar-refractivity contribution in [3.63, 3.8) is 0 Å². The summed E-state index contributed by atoms with van der Waals surface area (Å²) < 4.78 is 0. The Balaban J connectivity index is 2.47. The molecule has 0 saturated carbocycles. The first-order valence-electron chi connectivity index (χ1n) is 4.65. The van der Waals surface area contributed by atoms with Crippen LogP contribution in [-0.2, 0) is 0 Å². The van der Waals surface area contributed by atoms with Crippen LogP contribution < -0.4 is 11.1 Å². The molecule has 0 bridgehead atoms. The predicted octanol–water partition coefficient (Wildman–Crippen LogP) is 1.21. The number of anilines is 1. The summed E-state index contributed by atoms with van der Waals surface area (Å²) in [6.07, 6.45) is 2.58. The Morgan fingerprint density at radius 1 is 1.67 bits per heavy atom. The van der Waals surface area contributed by atoms with Gasteiger partial charge in [0.15, 0.2) is 0 Å². The van der Waals surface area contributed by atoms with Crippen LogP contribution in [-0.4, -0.2) is 22.4 Å². The number of fused-ring (bicyclic) bond motifs is 1. The summed E-state index contributed by atoms with van der Waals surface area (Å²) in [6.45, 7) is 1.82. The molecule has 1 aromatic heterocycles. The lowest BCUT2D eigenvalue weighted by atomic mass is 10.0. The van der Waals surface area contributed by atoms with Crippen molar-refractivity contribution in [2.24, 2.45) is 5.73 Å². The average molecular weight is 226 g/mol. The van der Waals surface area contributed by atoms with Crippen molar-refractivity contribution >= 4 is 23.5 Å². The van der Waals surface area contributed by atoms with Gasteiger partial charge in [0, 0.05) is 17.8 Å². The van der Waals surface area contributed by atoms with Crippen LogP contribution in [0.25, 0.3) is 6.08 Å². The Morgan fingerprint density at radius 2 is 2.40 bits per heavy atom. The monoisotopic (exact) mass is 225 g/mol. The maximum absolute atomic E-state index is 9.72. The molecule has 0 aliphatic carbocycles. The van der Waals surface area contributed by atoms with Gasteiger partial charge in [0.1, 0.15) is 12.0 Å². The Labute approximate surface area is 92.8 Å². The maximum atomic E-state index is 9.72. The highest BCUT2D eigenvalue weighted by molar-refractivity contribution is 6.30. The third-order valence-electron chi connectivity index (χ3n) is 2.32. The van der Waals surface area contributed by atoms with Crippen molar-refractivity contribution in [1.82, 2.24) is 4.98 Å². The summed E-state index contributed by atoms with van der Waals surface area (Å²) in [4.78, 5) is 4.07. The minimum atomic E-state index is -0.772. The van der Waals surface area contributed by atoms with Crippen molar-refractivity contribution < 1.29 is 5.11 Å². The summed E-state index contributed by atoms with van der Waals surface area (Å²) in [6, 6.07) is 1.57. The normalized spacial score (nSPS) is 21.3. The van der Waals surface area contributed by atoms with Gasteiger partial charge in [-0.15, -0.1) is 0 Å². The molecular weight excluding hydrogens is 214 g/mol. The Hall–Kier alpha value is -1.10. The fourth-order valence-corrected chi connectivity index (χ4v) is 1.70. The van der Waals surface area contributed by atoms with Crippen LogP contribution in [0.2, 0.25) is 5.02 Å². The second-order valence-electron chi connectivity index (χ2n) is 3.57. The number of nitrogens with zero attached hydrogens (tertiary/aromatic N) is 1. The average Bonchev–Trinajstić information content (AvgIpc) is 2.17. The topological polar surface area (TPSA) is 71.2 Å². The van der Waals surface area contributed by atoms with Gasteiger partial charge in [-0.3, -0.25) is 0 Å². The van der Waals surface area contributed by atoms with Gasteiger partial charge in [-0.1, -0.05) is 11.6 Å². The first kappa shape index (κ1) is 10.4. The van der Waals surface area contributed by atoms with E-state index < -0.39 is 6.23 Å². The SMILES string of the molecule is C[C@H](N)C1=Cc2cc(Cl)cnc2NC1O. The number of rotatable bonds is 1. The van der Waals surface area contributed by atoms with Gasteiger partial charge >= 0.3 is 0 Å². The van der Waals surface area contributed by atoms with E-state index in [9.17, 15) is 5.11 Å². The molecule has 4 nitrogen and oxygen atoms in total. The third-order valence-corrected chi connectivity index (χ3v) is 2.53. The van der Waals surface area contributed by atoms with E-state index in [-0.39, 0.29) is 6.04 Å². The van der Waals surface area contributed by atoms with E-state index in [2.05, 4.69) is 10.3 Å². The highest BCUT2D eigenvalue weighted by Gasteiger charge is 2.21. The molecular formula is C10H12ClN3O. The zero-order chi connectivity index (χ0) is 11.0. The molecule has 2 rings (SSSR count). The molecule has 5 heteroatoms. The standard InChI is InChI=1S/C10H12ClN3O/c1-5(12)8-3-6-2-7(11)4-13-9(6)14-10(8)15/h2-5,10,15H,12H2,1H3,(H,13,14)/t5-,10?/m0/s1.